The van der Waals surface area contributed by atoms with Gasteiger partial charge in [-0.2, -0.15) is 5.26 Å². The summed E-state index contributed by atoms with van der Waals surface area (Å²) in [5, 5.41) is 26.1. The van der Waals surface area contributed by atoms with E-state index in [2.05, 4.69) is 31.7 Å². The largest absolute Gasteiger partial charge is 0.470 e. The fourth-order valence-electron chi connectivity index (χ4n) is 4.31. The molecule has 0 aliphatic carbocycles. The van der Waals surface area contributed by atoms with Crippen LogP contribution in [0.4, 0.5) is 17.3 Å². The van der Waals surface area contributed by atoms with Gasteiger partial charge in [0, 0.05) is 36.5 Å². The molecule has 3 N–H and O–H groups in total. The van der Waals surface area contributed by atoms with E-state index in [0.717, 1.165) is 36.3 Å². The molecule has 0 saturated carbocycles. The van der Waals surface area contributed by atoms with Crippen molar-refractivity contribution in [2.24, 2.45) is 0 Å². The Labute approximate surface area is 197 Å². The van der Waals surface area contributed by atoms with E-state index in [1.165, 1.54) is 0 Å². The predicted molar refractivity (Wildman–Crippen MR) is 127 cm³/mol. The molecule has 1 fully saturated rings. The summed E-state index contributed by atoms with van der Waals surface area (Å²) >= 11 is 0. The summed E-state index contributed by atoms with van der Waals surface area (Å²) in [6, 6.07) is 11.5. The number of aromatic nitrogens is 3. The zero-order chi connectivity index (χ0) is 23.5. The smallest absolute Gasteiger partial charge is 0.238 e. The molecule has 34 heavy (non-hydrogen) atoms. The third-order valence-corrected chi connectivity index (χ3v) is 6.28. The van der Waals surface area contributed by atoms with Crippen molar-refractivity contribution < 1.29 is 14.6 Å². The monoisotopic (exact) mass is 458 g/mol. The van der Waals surface area contributed by atoms with Crippen molar-refractivity contribution in [3.63, 3.8) is 0 Å². The van der Waals surface area contributed by atoms with Gasteiger partial charge < -0.3 is 25.2 Å². The van der Waals surface area contributed by atoms with Gasteiger partial charge in [-0.1, -0.05) is 6.92 Å². The first-order valence-corrected chi connectivity index (χ1v) is 11.3. The van der Waals surface area contributed by atoms with Gasteiger partial charge in [0.25, 0.3) is 0 Å². The molecule has 0 radical (unpaired) electrons. The number of benzene rings is 1. The number of fused-ring (bicyclic) bond motifs is 1. The van der Waals surface area contributed by atoms with Gasteiger partial charge in [0.05, 0.1) is 30.2 Å². The van der Waals surface area contributed by atoms with Crippen LogP contribution in [0, 0.1) is 11.3 Å². The molecule has 3 aromatic rings. The van der Waals surface area contributed by atoms with E-state index in [0.29, 0.717) is 41.9 Å². The van der Waals surface area contributed by atoms with Gasteiger partial charge in [-0.25, -0.2) is 15.0 Å². The maximum absolute atomic E-state index is 9.96. The predicted octanol–water partition coefficient (Wildman–Crippen LogP) is 3.39. The minimum absolute atomic E-state index is 0.0201. The van der Waals surface area contributed by atoms with Gasteiger partial charge in [-0.15, -0.1) is 0 Å². The Balaban J connectivity index is 1.44. The fourth-order valence-corrected chi connectivity index (χ4v) is 4.31. The number of aliphatic hydroxyl groups excluding tert-OH is 1. The molecule has 174 valence electrons. The number of anilines is 3. The number of nitriles is 1. The quantitative estimate of drug-likeness (QED) is 0.510. The Morgan fingerprint density at radius 2 is 2.24 bits per heavy atom. The van der Waals surface area contributed by atoms with Crippen LogP contribution in [-0.2, 0) is 10.2 Å². The molecule has 9 nitrogen and oxygen atoms in total. The molecule has 1 saturated heterocycles. The van der Waals surface area contributed by atoms with Crippen LogP contribution in [0.5, 0.6) is 5.88 Å². The van der Waals surface area contributed by atoms with Crippen LogP contribution >= 0.6 is 0 Å². The van der Waals surface area contributed by atoms with Crippen LogP contribution in [0.2, 0.25) is 0 Å². The van der Waals surface area contributed by atoms with E-state index in [-0.39, 0.29) is 12.7 Å². The van der Waals surface area contributed by atoms with Crippen molar-refractivity contribution >= 4 is 17.3 Å². The molecule has 1 aromatic carbocycles. The highest BCUT2D eigenvalue weighted by molar-refractivity contribution is 5.76. The second-order valence-electron chi connectivity index (χ2n) is 8.83. The summed E-state index contributed by atoms with van der Waals surface area (Å²) in [6.07, 6.45) is 5.19. The van der Waals surface area contributed by atoms with Crippen molar-refractivity contribution in [2.75, 3.05) is 37.0 Å². The van der Waals surface area contributed by atoms with E-state index in [9.17, 15) is 10.4 Å². The molecular formula is C25H26N6O3. The lowest BCUT2D eigenvalue weighted by atomic mass is 9.83. The average Bonchev–Trinajstić information content (AvgIpc) is 3.22. The maximum Gasteiger partial charge on any atom is 0.238 e. The first-order valence-electron chi connectivity index (χ1n) is 11.3. The van der Waals surface area contributed by atoms with Crippen LogP contribution in [0.15, 0.2) is 42.7 Å². The summed E-state index contributed by atoms with van der Waals surface area (Å²) in [7, 11) is 0. The Hall–Kier alpha value is -3.74. The summed E-state index contributed by atoms with van der Waals surface area (Å²) in [5.74, 6) is 0.860. The van der Waals surface area contributed by atoms with E-state index in [1.54, 1.807) is 18.5 Å². The fraction of sp³-hybridized carbons (Fsp3) is 0.360. The molecule has 0 spiro atoms. The lowest BCUT2D eigenvalue weighted by molar-refractivity contribution is 0.00585. The van der Waals surface area contributed by atoms with Gasteiger partial charge in [0.15, 0.2) is 0 Å². The Bertz CT molecular complexity index is 1240. The molecule has 4 heterocycles. The molecule has 9 heteroatoms. The van der Waals surface area contributed by atoms with Crippen molar-refractivity contribution in [3.8, 4) is 23.2 Å². The zero-order valence-corrected chi connectivity index (χ0v) is 18.9. The van der Waals surface area contributed by atoms with Crippen molar-refractivity contribution in [3.05, 3.63) is 53.9 Å². The van der Waals surface area contributed by atoms with Crippen molar-refractivity contribution in [1.82, 2.24) is 15.0 Å². The molecule has 2 aliphatic heterocycles. The van der Waals surface area contributed by atoms with Crippen LogP contribution in [-0.4, -0.2) is 52.5 Å². The van der Waals surface area contributed by atoms with E-state index in [1.807, 2.05) is 31.2 Å². The number of hydrogen-bond donors (Lipinski definition) is 3. The van der Waals surface area contributed by atoms with Crippen LogP contribution in [0.25, 0.3) is 11.3 Å². The highest BCUT2D eigenvalue weighted by Crippen LogP contribution is 2.41. The summed E-state index contributed by atoms with van der Waals surface area (Å²) < 4.78 is 11.6. The molecule has 2 aromatic heterocycles. The normalized spacial score (nSPS) is 21.3. The van der Waals surface area contributed by atoms with Gasteiger partial charge in [-0.3, -0.25) is 0 Å². The minimum Gasteiger partial charge on any atom is -0.470 e. The Kier molecular flexibility index (Phi) is 6.01. The summed E-state index contributed by atoms with van der Waals surface area (Å²) in [4.78, 5) is 13.4. The van der Waals surface area contributed by atoms with Crippen LogP contribution in [0.3, 0.4) is 0 Å². The highest BCUT2D eigenvalue weighted by atomic mass is 16.5. The number of nitrogens with one attached hydrogen (secondary N) is 2. The number of pyridine rings is 1. The van der Waals surface area contributed by atoms with Crippen LogP contribution in [0.1, 0.15) is 30.9 Å². The summed E-state index contributed by atoms with van der Waals surface area (Å²) in [5.41, 5.74) is 3.86. The first kappa shape index (κ1) is 22.1. The molecule has 2 aliphatic rings. The SMILES string of the molecule is C[C@]1(CO)CNc2c(C#N)cc(-c3ccnc(Nc4cccnc4O[C@H]4CCCOC4)n3)cc21. The van der Waals surface area contributed by atoms with Crippen LogP contribution < -0.4 is 15.4 Å². The number of nitrogens with zero attached hydrogens (tertiary/aromatic N) is 4. The lowest BCUT2D eigenvalue weighted by Gasteiger charge is -2.23. The molecule has 0 amide bonds. The number of hydrogen-bond acceptors (Lipinski definition) is 9. The standard InChI is InChI=1S/C25H26N6O3/c1-25(15-32)14-29-22-17(12-26)10-16(11-19(22)25)20-6-8-28-24(30-20)31-21-5-2-7-27-23(21)34-18-4-3-9-33-13-18/h2,5-8,10-11,18,29,32H,3-4,9,13-15H2,1H3,(H,28,30,31)/t18-,25+/m0/s1. The Morgan fingerprint density at radius 1 is 1.32 bits per heavy atom. The number of rotatable bonds is 6. The second kappa shape index (κ2) is 9.25. The first-order chi connectivity index (χ1) is 16.6. The van der Waals surface area contributed by atoms with Gasteiger partial charge in [0.2, 0.25) is 11.8 Å². The maximum atomic E-state index is 9.96. The van der Waals surface area contributed by atoms with Gasteiger partial charge in [-0.05, 0) is 48.7 Å². The van der Waals surface area contributed by atoms with Crippen molar-refractivity contribution in [2.45, 2.75) is 31.3 Å². The average molecular weight is 459 g/mol. The lowest BCUT2D eigenvalue weighted by Crippen LogP contribution is -2.28. The Morgan fingerprint density at radius 3 is 3.03 bits per heavy atom. The minimum atomic E-state index is -0.462. The second-order valence-corrected chi connectivity index (χ2v) is 8.83. The molecule has 0 unspecified atom stereocenters. The third kappa shape index (κ3) is 4.25. The van der Waals surface area contributed by atoms with Gasteiger partial charge in [0.1, 0.15) is 17.9 Å². The highest BCUT2D eigenvalue weighted by Gasteiger charge is 2.36. The van der Waals surface area contributed by atoms with E-state index < -0.39 is 5.41 Å². The zero-order valence-electron chi connectivity index (χ0n) is 18.9. The molecule has 2 atom stereocenters. The van der Waals surface area contributed by atoms with Crippen molar-refractivity contribution in [1.29, 1.82) is 5.26 Å². The topological polar surface area (TPSA) is 125 Å². The number of aliphatic hydroxyl groups is 1. The van der Waals surface area contributed by atoms with Gasteiger partial charge >= 0.3 is 0 Å². The third-order valence-electron chi connectivity index (χ3n) is 6.28. The molecular weight excluding hydrogens is 432 g/mol. The molecule has 0 bridgehead atoms. The summed E-state index contributed by atoms with van der Waals surface area (Å²) in [6.45, 7) is 3.84. The van der Waals surface area contributed by atoms with E-state index >= 15 is 0 Å². The number of ether oxygens (including phenoxy) is 2. The van der Waals surface area contributed by atoms with E-state index in [4.69, 9.17) is 9.47 Å². The molecule has 5 rings (SSSR count).